The van der Waals surface area contributed by atoms with E-state index >= 15 is 0 Å². The molecule has 1 N–H and O–H groups in total. The summed E-state index contributed by atoms with van der Waals surface area (Å²) in [5.74, 6) is -0.912. The van der Waals surface area contributed by atoms with Crippen LogP contribution in [0.1, 0.15) is 30.0 Å². The molecule has 0 aromatic heterocycles. The molecule has 0 bridgehead atoms. The van der Waals surface area contributed by atoms with Gasteiger partial charge in [-0.1, -0.05) is 57.9 Å². The molecule has 0 saturated carbocycles. The molecule has 5 heteroatoms. The van der Waals surface area contributed by atoms with E-state index in [0.717, 1.165) is 17.6 Å². The van der Waals surface area contributed by atoms with Crippen molar-refractivity contribution < 1.29 is 9.90 Å². The third-order valence-electron chi connectivity index (χ3n) is 4.63. The molecular weight excluding hydrogens is 390 g/mol. The highest BCUT2D eigenvalue weighted by Crippen LogP contribution is 2.36. The van der Waals surface area contributed by atoms with Gasteiger partial charge in [0.15, 0.2) is 0 Å². The minimum absolute atomic E-state index is 0.0904. The quantitative estimate of drug-likeness (QED) is 0.775. The standard InChI is InChI=1S/C19H19BrClNO2/c20-17-4-2-1-3-16(17)18(13-5-7-15(21)8-6-13)22-11-9-14(10-12-22)19(23)24/h1-8,14,18H,9-12H2,(H,23,24). The third kappa shape index (κ3) is 3.82. The first-order valence-electron chi connectivity index (χ1n) is 8.03. The minimum Gasteiger partial charge on any atom is -0.481 e. The van der Waals surface area contributed by atoms with Crippen LogP contribution in [0.15, 0.2) is 53.0 Å². The molecule has 1 aliphatic heterocycles. The van der Waals surface area contributed by atoms with Gasteiger partial charge in [0.25, 0.3) is 0 Å². The molecule has 3 nitrogen and oxygen atoms in total. The molecule has 1 unspecified atom stereocenters. The van der Waals surface area contributed by atoms with Crippen LogP contribution in [0.25, 0.3) is 0 Å². The van der Waals surface area contributed by atoms with Crippen molar-refractivity contribution in [2.75, 3.05) is 13.1 Å². The first-order chi connectivity index (χ1) is 11.6. The zero-order valence-electron chi connectivity index (χ0n) is 13.2. The molecule has 1 atom stereocenters. The average Bonchev–Trinajstić information content (AvgIpc) is 2.59. The summed E-state index contributed by atoms with van der Waals surface area (Å²) in [6.45, 7) is 1.54. The highest BCUT2D eigenvalue weighted by atomic mass is 79.9. The van der Waals surface area contributed by atoms with Gasteiger partial charge >= 0.3 is 5.97 Å². The predicted molar refractivity (Wildman–Crippen MR) is 99.4 cm³/mol. The van der Waals surface area contributed by atoms with Gasteiger partial charge in [0.1, 0.15) is 0 Å². The second-order valence-electron chi connectivity index (χ2n) is 6.12. The van der Waals surface area contributed by atoms with Crippen LogP contribution in [0.5, 0.6) is 0 Å². The van der Waals surface area contributed by atoms with Gasteiger partial charge in [-0.05, 0) is 55.3 Å². The van der Waals surface area contributed by atoms with Crippen molar-refractivity contribution in [2.45, 2.75) is 18.9 Å². The molecule has 2 aromatic rings. The number of rotatable bonds is 4. The number of carboxylic acid groups (broad SMARTS) is 1. The Morgan fingerprint density at radius 1 is 1.12 bits per heavy atom. The number of halogens is 2. The molecule has 1 aliphatic rings. The fourth-order valence-electron chi connectivity index (χ4n) is 3.33. The maximum absolute atomic E-state index is 11.2. The van der Waals surface area contributed by atoms with Crippen LogP contribution in [0.4, 0.5) is 0 Å². The second-order valence-corrected chi connectivity index (χ2v) is 7.41. The molecule has 2 aromatic carbocycles. The summed E-state index contributed by atoms with van der Waals surface area (Å²) in [6, 6.07) is 16.2. The third-order valence-corrected chi connectivity index (χ3v) is 5.60. The second kappa shape index (κ2) is 7.68. The van der Waals surface area contributed by atoms with Gasteiger partial charge in [-0.2, -0.15) is 0 Å². The summed E-state index contributed by atoms with van der Waals surface area (Å²) in [5.41, 5.74) is 2.36. The lowest BCUT2D eigenvalue weighted by Crippen LogP contribution is -2.39. The van der Waals surface area contributed by atoms with E-state index in [0.29, 0.717) is 17.9 Å². The maximum Gasteiger partial charge on any atom is 0.306 e. The van der Waals surface area contributed by atoms with E-state index in [1.54, 1.807) is 0 Å². The highest BCUT2D eigenvalue weighted by Gasteiger charge is 2.30. The van der Waals surface area contributed by atoms with Crippen molar-refractivity contribution in [3.63, 3.8) is 0 Å². The molecule has 0 spiro atoms. The van der Waals surface area contributed by atoms with Crippen molar-refractivity contribution in [1.29, 1.82) is 0 Å². The summed E-state index contributed by atoms with van der Waals surface area (Å²) in [5, 5.41) is 9.95. The molecule has 0 aliphatic carbocycles. The van der Waals surface area contributed by atoms with Crippen LogP contribution in [-0.2, 0) is 4.79 Å². The fraction of sp³-hybridized carbons (Fsp3) is 0.316. The maximum atomic E-state index is 11.2. The topological polar surface area (TPSA) is 40.5 Å². The van der Waals surface area contributed by atoms with Crippen molar-refractivity contribution in [1.82, 2.24) is 4.90 Å². The van der Waals surface area contributed by atoms with Gasteiger partial charge < -0.3 is 5.11 Å². The Hall–Kier alpha value is -1.36. The van der Waals surface area contributed by atoms with E-state index in [9.17, 15) is 9.90 Å². The summed E-state index contributed by atoms with van der Waals surface area (Å²) in [6.07, 6.45) is 1.37. The number of likely N-dealkylation sites (tertiary alicyclic amines) is 1. The van der Waals surface area contributed by atoms with Crippen LogP contribution in [-0.4, -0.2) is 29.1 Å². The fourth-order valence-corrected chi connectivity index (χ4v) is 3.96. The monoisotopic (exact) mass is 407 g/mol. The summed E-state index contributed by atoms with van der Waals surface area (Å²) < 4.78 is 1.06. The van der Waals surface area contributed by atoms with E-state index in [1.165, 1.54) is 11.1 Å². The Bertz CT molecular complexity index is 712. The van der Waals surface area contributed by atoms with E-state index in [4.69, 9.17) is 11.6 Å². The highest BCUT2D eigenvalue weighted by molar-refractivity contribution is 9.10. The number of nitrogens with zero attached hydrogens (tertiary/aromatic N) is 1. The lowest BCUT2D eigenvalue weighted by Gasteiger charge is -2.37. The molecule has 1 fully saturated rings. The molecule has 1 heterocycles. The number of hydrogen-bond acceptors (Lipinski definition) is 2. The van der Waals surface area contributed by atoms with Gasteiger partial charge in [-0.3, -0.25) is 9.69 Å². The Morgan fingerprint density at radius 2 is 1.75 bits per heavy atom. The van der Waals surface area contributed by atoms with Gasteiger partial charge in [-0.25, -0.2) is 0 Å². The van der Waals surface area contributed by atoms with Gasteiger partial charge in [0, 0.05) is 9.50 Å². The van der Waals surface area contributed by atoms with Gasteiger partial charge in [0.2, 0.25) is 0 Å². The molecule has 0 radical (unpaired) electrons. The number of carbonyl (C=O) groups is 1. The first-order valence-corrected chi connectivity index (χ1v) is 9.20. The van der Waals surface area contributed by atoms with Gasteiger partial charge in [-0.15, -0.1) is 0 Å². The molecule has 24 heavy (non-hydrogen) atoms. The van der Waals surface area contributed by atoms with Crippen LogP contribution < -0.4 is 0 Å². The average molecular weight is 409 g/mol. The first kappa shape index (κ1) is 17.5. The number of aliphatic carboxylic acids is 1. The van der Waals surface area contributed by atoms with Gasteiger partial charge in [0.05, 0.1) is 12.0 Å². The van der Waals surface area contributed by atoms with Crippen molar-refractivity contribution in [3.8, 4) is 0 Å². The lowest BCUT2D eigenvalue weighted by atomic mass is 9.91. The van der Waals surface area contributed by atoms with Crippen LogP contribution in [0, 0.1) is 5.92 Å². The van der Waals surface area contributed by atoms with Crippen molar-refractivity contribution in [2.24, 2.45) is 5.92 Å². The SMILES string of the molecule is O=C(O)C1CCN(C(c2ccc(Cl)cc2)c2ccccc2Br)CC1. The zero-order valence-corrected chi connectivity index (χ0v) is 15.5. The Kier molecular flexibility index (Phi) is 5.59. The van der Waals surface area contributed by atoms with E-state index in [1.807, 2.05) is 30.3 Å². The molecule has 3 rings (SSSR count). The Balaban J connectivity index is 1.93. The number of hydrogen-bond donors (Lipinski definition) is 1. The smallest absolute Gasteiger partial charge is 0.306 e. The van der Waals surface area contributed by atoms with Crippen molar-refractivity contribution in [3.05, 3.63) is 69.2 Å². The molecule has 126 valence electrons. The largest absolute Gasteiger partial charge is 0.481 e. The van der Waals surface area contributed by atoms with Crippen LogP contribution >= 0.6 is 27.5 Å². The minimum atomic E-state index is -0.682. The van der Waals surface area contributed by atoms with E-state index in [-0.39, 0.29) is 12.0 Å². The summed E-state index contributed by atoms with van der Waals surface area (Å²) >= 11 is 9.71. The lowest BCUT2D eigenvalue weighted by molar-refractivity contribution is -0.143. The molecule has 1 saturated heterocycles. The molecule has 0 amide bonds. The van der Waals surface area contributed by atoms with Crippen LogP contribution in [0.2, 0.25) is 5.02 Å². The normalized spacial score (nSPS) is 17.6. The predicted octanol–water partition coefficient (Wildman–Crippen LogP) is 4.99. The molecular formula is C19H19BrClNO2. The summed E-state index contributed by atoms with van der Waals surface area (Å²) in [4.78, 5) is 13.6. The Labute approximate surface area is 155 Å². The number of piperidine rings is 1. The summed E-state index contributed by atoms with van der Waals surface area (Å²) in [7, 11) is 0. The van der Waals surface area contributed by atoms with Crippen LogP contribution in [0.3, 0.4) is 0 Å². The zero-order chi connectivity index (χ0) is 17.1. The van der Waals surface area contributed by atoms with Crippen molar-refractivity contribution >= 4 is 33.5 Å². The van der Waals surface area contributed by atoms with E-state index in [2.05, 4.69) is 39.0 Å². The number of carboxylic acids is 1. The number of benzene rings is 2. The van der Waals surface area contributed by atoms with E-state index < -0.39 is 5.97 Å². The Morgan fingerprint density at radius 3 is 2.33 bits per heavy atom.